The van der Waals surface area contributed by atoms with Gasteiger partial charge in [-0.15, -0.1) is 0 Å². The lowest BCUT2D eigenvalue weighted by molar-refractivity contribution is 0.0569. The average molecular weight is 183 g/mol. The van der Waals surface area contributed by atoms with Crippen molar-refractivity contribution in [3.63, 3.8) is 0 Å². The molecule has 0 aromatic heterocycles. The highest BCUT2D eigenvalue weighted by Gasteiger charge is 2.29. The van der Waals surface area contributed by atoms with Crippen molar-refractivity contribution in [2.45, 2.75) is 45.3 Å². The van der Waals surface area contributed by atoms with E-state index in [1.807, 2.05) is 0 Å². The summed E-state index contributed by atoms with van der Waals surface area (Å²) in [6, 6.07) is 0.684. The van der Waals surface area contributed by atoms with Crippen LogP contribution in [0.1, 0.15) is 33.1 Å². The Morgan fingerprint density at radius 1 is 1.38 bits per heavy atom. The van der Waals surface area contributed by atoms with Gasteiger partial charge in [-0.1, -0.05) is 13.8 Å². The summed E-state index contributed by atoms with van der Waals surface area (Å²) in [4.78, 5) is 0. The van der Waals surface area contributed by atoms with Crippen LogP contribution in [0.3, 0.4) is 0 Å². The van der Waals surface area contributed by atoms with Gasteiger partial charge in [0.25, 0.3) is 0 Å². The summed E-state index contributed by atoms with van der Waals surface area (Å²) in [6.07, 6.45) is 4.50. The molecule has 2 nitrogen and oxygen atoms in total. The number of nitrogens with one attached hydrogen (secondary N) is 1. The molecule has 0 aromatic carbocycles. The number of ether oxygens (including phenoxy) is 1. The monoisotopic (exact) mass is 183 g/mol. The molecule has 1 aliphatic heterocycles. The molecule has 1 saturated carbocycles. The lowest BCUT2D eigenvalue weighted by Gasteiger charge is -2.14. The third kappa shape index (κ3) is 2.68. The molecule has 0 amide bonds. The second kappa shape index (κ2) is 3.97. The van der Waals surface area contributed by atoms with E-state index in [0.29, 0.717) is 12.1 Å². The first-order chi connectivity index (χ1) is 6.25. The van der Waals surface area contributed by atoms with E-state index in [1.165, 1.54) is 19.3 Å². The molecule has 0 unspecified atom stereocenters. The molecule has 1 N–H and O–H groups in total. The van der Waals surface area contributed by atoms with E-state index in [1.54, 1.807) is 0 Å². The van der Waals surface area contributed by atoms with Crippen LogP contribution in [0.25, 0.3) is 0 Å². The van der Waals surface area contributed by atoms with Gasteiger partial charge in [-0.2, -0.15) is 0 Å². The smallest absolute Gasteiger partial charge is 0.0714 e. The van der Waals surface area contributed by atoms with Crippen LogP contribution in [0.2, 0.25) is 0 Å². The number of rotatable bonds is 4. The summed E-state index contributed by atoms with van der Waals surface area (Å²) in [5, 5.41) is 3.53. The van der Waals surface area contributed by atoms with Crippen molar-refractivity contribution < 1.29 is 4.74 Å². The minimum absolute atomic E-state index is 0.494. The van der Waals surface area contributed by atoms with Gasteiger partial charge in [-0.25, -0.2) is 0 Å². The van der Waals surface area contributed by atoms with Crippen LogP contribution in [-0.2, 0) is 4.74 Å². The molecule has 2 atom stereocenters. The minimum atomic E-state index is 0.494. The van der Waals surface area contributed by atoms with Gasteiger partial charge in [-0.05, 0) is 31.1 Å². The summed E-state index contributed by atoms with van der Waals surface area (Å²) in [7, 11) is 0. The Balaban J connectivity index is 1.65. The third-order valence-corrected chi connectivity index (χ3v) is 3.19. The van der Waals surface area contributed by atoms with Gasteiger partial charge >= 0.3 is 0 Å². The molecule has 2 fully saturated rings. The fourth-order valence-electron chi connectivity index (χ4n) is 1.92. The highest BCUT2D eigenvalue weighted by molar-refractivity contribution is 4.85. The Morgan fingerprint density at radius 2 is 2.15 bits per heavy atom. The Labute approximate surface area is 81.0 Å². The van der Waals surface area contributed by atoms with Crippen LogP contribution >= 0.6 is 0 Å². The van der Waals surface area contributed by atoms with Crippen LogP contribution in [0.4, 0.5) is 0 Å². The Kier molecular flexibility index (Phi) is 2.89. The van der Waals surface area contributed by atoms with Gasteiger partial charge in [0.15, 0.2) is 0 Å². The molecular formula is C11H21NO. The summed E-state index contributed by atoms with van der Waals surface area (Å²) in [5.41, 5.74) is 0. The molecule has 1 aliphatic carbocycles. The first-order valence-corrected chi connectivity index (χ1v) is 5.60. The van der Waals surface area contributed by atoms with Gasteiger partial charge < -0.3 is 10.1 Å². The highest BCUT2D eigenvalue weighted by atomic mass is 16.5. The summed E-state index contributed by atoms with van der Waals surface area (Å²) < 4.78 is 5.84. The van der Waals surface area contributed by atoms with Gasteiger partial charge in [0.05, 0.1) is 6.10 Å². The van der Waals surface area contributed by atoms with Crippen molar-refractivity contribution in [1.29, 1.82) is 0 Å². The maximum Gasteiger partial charge on any atom is 0.0714 e. The highest BCUT2D eigenvalue weighted by Crippen LogP contribution is 2.30. The van der Waals surface area contributed by atoms with Crippen molar-refractivity contribution in [2.24, 2.45) is 11.8 Å². The van der Waals surface area contributed by atoms with E-state index < -0.39 is 0 Å². The number of hydrogen-bond acceptors (Lipinski definition) is 2. The zero-order valence-electron chi connectivity index (χ0n) is 8.75. The van der Waals surface area contributed by atoms with Crippen molar-refractivity contribution >= 4 is 0 Å². The number of hydrogen-bond donors (Lipinski definition) is 1. The molecule has 1 saturated heterocycles. The normalized spacial score (nSPS) is 34.4. The first kappa shape index (κ1) is 9.47. The Hall–Kier alpha value is -0.0800. The molecule has 2 aliphatic rings. The second-order valence-corrected chi connectivity index (χ2v) is 4.89. The van der Waals surface area contributed by atoms with Crippen molar-refractivity contribution in [2.75, 3.05) is 13.2 Å². The molecule has 0 radical (unpaired) electrons. The predicted octanol–water partition coefficient (Wildman–Crippen LogP) is 1.80. The van der Waals surface area contributed by atoms with E-state index in [9.17, 15) is 0 Å². The molecular weight excluding hydrogens is 162 g/mol. The van der Waals surface area contributed by atoms with Crippen LogP contribution in [0.5, 0.6) is 0 Å². The first-order valence-electron chi connectivity index (χ1n) is 5.60. The summed E-state index contributed by atoms with van der Waals surface area (Å²) in [6.45, 7) is 6.63. The summed E-state index contributed by atoms with van der Waals surface area (Å²) >= 11 is 0. The quantitative estimate of drug-likeness (QED) is 0.717. The maximum atomic E-state index is 5.84. The van der Waals surface area contributed by atoms with E-state index >= 15 is 0 Å². The minimum Gasteiger partial charge on any atom is -0.377 e. The van der Waals surface area contributed by atoms with Crippen LogP contribution < -0.4 is 5.32 Å². The largest absolute Gasteiger partial charge is 0.377 e. The van der Waals surface area contributed by atoms with Gasteiger partial charge in [0.1, 0.15) is 0 Å². The maximum absolute atomic E-state index is 5.84. The fourth-order valence-corrected chi connectivity index (χ4v) is 1.92. The molecule has 0 bridgehead atoms. The van der Waals surface area contributed by atoms with Gasteiger partial charge in [-0.3, -0.25) is 0 Å². The molecule has 0 spiro atoms. The molecule has 13 heavy (non-hydrogen) atoms. The fraction of sp³-hybridized carbons (Fsp3) is 1.00. The molecule has 0 aromatic rings. The predicted molar refractivity (Wildman–Crippen MR) is 53.7 cm³/mol. The SMILES string of the molecule is CC(C)[C@H]1C[C@H](OCC2CC2)CN1. The zero-order valence-corrected chi connectivity index (χ0v) is 8.75. The van der Waals surface area contributed by atoms with Gasteiger partial charge in [0.2, 0.25) is 0 Å². The third-order valence-electron chi connectivity index (χ3n) is 3.19. The van der Waals surface area contributed by atoms with E-state index in [0.717, 1.165) is 25.0 Å². The standard InChI is InChI=1S/C11H21NO/c1-8(2)11-5-10(6-12-11)13-7-9-3-4-9/h8-12H,3-7H2,1-2H3/t10-,11+/m0/s1. The topological polar surface area (TPSA) is 21.3 Å². The van der Waals surface area contributed by atoms with Crippen LogP contribution in [-0.4, -0.2) is 25.3 Å². The molecule has 76 valence electrons. The van der Waals surface area contributed by atoms with Crippen molar-refractivity contribution in [1.82, 2.24) is 5.32 Å². The molecule has 2 rings (SSSR count). The lowest BCUT2D eigenvalue weighted by atomic mass is 10.0. The average Bonchev–Trinajstić information content (AvgIpc) is 2.79. The zero-order chi connectivity index (χ0) is 9.26. The van der Waals surface area contributed by atoms with E-state index in [2.05, 4.69) is 19.2 Å². The summed E-state index contributed by atoms with van der Waals surface area (Å²) in [5.74, 6) is 1.65. The Morgan fingerprint density at radius 3 is 2.69 bits per heavy atom. The van der Waals surface area contributed by atoms with Crippen LogP contribution in [0.15, 0.2) is 0 Å². The lowest BCUT2D eigenvalue weighted by Crippen LogP contribution is -2.26. The Bertz CT molecular complexity index is 165. The van der Waals surface area contributed by atoms with E-state index in [4.69, 9.17) is 4.74 Å². The van der Waals surface area contributed by atoms with Crippen molar-refractivity contribution in [3.8, 4) is 0 Å². The second-order valence-electron chi connectivity index (χ2n) is 4.89. The van der Waals surface area contributed by atoms with Gasteiger partial charge in [0, 0.05) is 19.2 Å². The van der Waals surface area contributed by atoms with Crippen LogP contribution in [0, 0.1) is 11.8 Å². The molecule has 2 heteroatoms. The molecule has 1 heterocycles. The van der Waals surface area contributed by atoms with E-state index in [-0.39, 0.29) is 0 Å². The van der Waals surface area contributed by atoms with Crippen molar-refractivity contribution in [3.05, 3.63) is 0 Å².